The first kappa shape index (κ1) is 131. The van der Waals surface area contributed by atoms with Crippen LogP contribution in [-0.2, 0) is 51.2 Å². The Bertz CT molecular complexity index is 37.8. The smallest absolute Gasteiger partial charge is 2.00 e. The van der Waals surface area contributed by atoms with Crippen molar-refractivity contribution in [1.29, 1.82) is 0 Å². The largest absolute Gasteiger partial charge is 3.00 e. The van der Waals surface area contributed by atoms with Crippen LogP contribution in [0, 0.1) is 0 Å². The maximum Gasteiger partial charge on any atom is 3.00 e. The molecule has 0 N–H and O–H groups in total. The van der Waals surface area contributed by atoms with Gasteiger partial charge in [0.1, 0.15) is 0 Å². The Hall–Kier alpha value is 5.50. The zero-order valence-corrected chi connectivity index (χ0v) is 20.1. The molecule has 0 aromatic carbocycles. The van der Waals surface area contributed by atoms with Crippen molar-refractivity contribution >= 4 is 145 Å². The van der Waals surface area contributed by atoms with Crippen molar-refractivity contribution in [3.05, 3.63) is 0 Å². The van der Waals surface area contributed by atoms with Crippen LogP contribution in [0.2, 0.25) is 0 Å². The molecule has 3 nitrogen and oxygen atoms in total. The van der Waals surface area contributed by atoms with Gasteiger partial charge in [0.25, 0.3) is 0 Å². The molecule has 0 aliphatic rings. The third-order valence-corrected chi connectivity index (χ3v) is 0. The van der Waals surface area contributed by atoms with Crippen LogP contribution >= 0.6 is 0 Å². The number of hydrogen-bond acceptors (Lipinski definition) is 0. The Morgan fingerprint density at radius 2 is 0.545 bits per heavy atom. The van der Waals surface area contributed by atoms with E-state index in [1.165, 1.54) is 0 Å². The third kappa shape index (κ3) is 93.4. The summed E-state index contributed by atoms with van der Waals surface area (Å²) >= 11 is 0. The zero-order chi connectivity index (χ0) is 0. The number of rotatable bonds is 0. The summed E-state index contributed by atoms with van der Waals surface area (Å²) in [4.78, 5) is 0. The molecule has 18 radical (unpaired) electrons. The standard InChI is InChI=1S/2Ca.2Cr.3O.2Si.2Sn.4H/q2*+2;2*+3;3*-2;;;;;4*-1. The van der Waals surface area contributed by atoms with E-state index in [0.717, 1.165) is 0 Å². The summed E-state index contributed by atoms with van der Waals surface area (Å²) in [7, 11) is 0. The average Bonchev–Trinajstić information content (AvgIpc) is 0. The van der Waals surface area contributed by atoms with E-state index in [0.29, 0.717) is 0 Å². The average molecular weight is 530 g/mol. The molecule has 0 spiro atoms. The maximum absolute atomic E-state index is 0. The molecule has 11 heteroatoms. The predicted octanol–water partition coefficient (Wildman–Crippen LogP) is -2.20. The van der Waals surface area contributed by atoms with Crippen LogP contribution in [0.15, 0.2) is 0 Å². The Kier molecular flexibility index (Phi) is 1290. The van der Waals surface area contributed by atoms with Crippen molar-refractivity contribution in [3.8, 4) is 0 Å². The van der Waals surface area contributed by atoms with Gasteiger partial charge in [-0.3, -0.25) is 0 Å². The monoisotopic (exact) mass is 532 g/mol. The Balaban J connectivity index is 0. The van der Waals surface area contributed by atoms with Crippen molar-refractivity contribution in [1.82, 2.24) is 0 Å². The van der Waals surface area contributed by atoms with E-state index in [4.69, 9.17) is 0 Å². The second-order valence-electron chi connectivity index (χ2n) is 0. The second-order valence-corrected chi connectivity index (χ2v) is 0. The van der Waals surface area contributed by atoms with Gasteiger partial charge in [-0.1, -0.05) is 0 Å². The van der Waals surface area contributed by atoms with Crippen molar-refractivity contribution in [2.75, 3.05) is 0 Å². The van der Waals surface area contributed by atoms with Crippen LogP contribution in [0.3, 0.4) is 0 Å². The summed E-state index contributed by atoms with van der Waals surface area (Å²) < 4.78 is 0. The van der Waals surface area contributed by atoms with Crippen LogP contribution < -0.4 is 0 Å². The fourth-order valence-corrected chi connectivity index (χ4v) is 0. The first-order chi connectivity index (χ1) is 0. The van der Waals surface area contributed by atoms with Gasteiger partial charge in [0.15, 0.2) is 0 Å². The molecule has 0 saturated carbocycles. The van der Waals surface area contributed by atoms with E-state index in [1.807, 2.05) is 0 Å². The zero-order valence-electron chi connectivity index (χ0n) is 9.46. The van der Waals surface area contributed by atoms with Gasteiger partial charge >= 0.3 is 110 Å². The van der Waals surface area contributed by atoms with E-state index < -0.39 is 0 Å². The quantitative estimate of drug-likeness (QED) is 0.319. The van der Waals surface area contributed by atoms with Crippen LogP contribution in [-0.4, -0.2) is 145 Å². The SMILES string of the molecule is [Ca+2].[Ca+2].[Cr+3].[Cr+3].[H-].[H-].[H-].[H-].[O-2].[O-2].[O-2].[Si].[Si].[Sn].[Sn]. The topological polar surface area (TPSA) is 85.5 Å². The van der Waals surface area contributed by atoms with Crippen LogP contribution in [0.25, 0.3) is 0 Å². The van der Waals surface area contributed by atoms with E-state index in [9.17, 15) is 0 Å². The van der Waals surface area contributed by atoms with Crippen LogP contribution in [0.1, 0.15) is 5.71 Å². The fourth-order valence-electron chi connectivity index (χ4n) is 0. The Morgan fingerprint density at radius 3 is 0.545 bits per heavy atom. The molecule has 0 aliphatic carbocycles. The fraction of sp³-hybridized carbons (Fsp3) is 0. The molecule has 0 heterocycles. The molecule has 0 unspecified atom stereocenters. The van der Waals surface area contributed by atoms with Crippen molar-refractivity contribution < 1.29 is 56.9 Å². The van der Waals surface area contributed by atoms with Gasteiger partial charge in [0.05, 0.1) is 0 Å². The molecule has 0 aromatic rings. The normalized spacial score (nSPS) is 0. The summed E-state index contributed by atoms with van der Waals surface area (Å²) in [5.74, 6) is 0. The molecule has 0 aromatic heterocycles. The molecule has 0 amide bonds. The molecule has 0 atom stereocenters. The molecular weight excluding hydrogens is 526 g/mol. The molecule has 0 aliphatic heterocycles. The van der Waals surface area contributed by atoms with Gasteiger partial charge < -0.3 is 22.1 Å². The predicted molar refractivity (Wildman–Crippen MR) is 41.0 cm³/mol. The van der Waals surface area contributed by atoms with E-state index >= 15 is 0 Å². The molecule has 0 fully saturated rings. The third-order valence-electron chi connectivity index (χ3n) is 0. The van der Waals surface area contributed by atoms with Gasteiger partial charge in [-0.25, -0.2) is 0 Å². The van der Waals surface area contributed by atoms with Gasteiger partial charge in [0.2, 0.25) is 0 Å². The Morgan fingerprint density at radius 1 is 0.545 bits per heavy atom. The van der Waals surface area contributed by atoms with Crippen molar-refractivity contribution in [2.45, 2.75) is 0 Å². The van der Waals surface area contributed by atoms with Crippen LogP contribution in [0.4, 0.5) is 0 Å². The minimum absolute atomic E-state index is 0. The maximum atomic E-state index is 0. The van der Waals surface area contributed by atoms with Crippen LogP contribution in [0.5, 0.6) is 0 Å². The molecule has 11 heavy (non-hydrogen) atoms. The molecule has 54 valence electrons. The summed E-state index contributed by atoms with van der Waals surface area (Å²) in [5, 5.41) is 0. The molecule has 0 bridgehead atoms. The van der Waals surface area contributed by atoms with Crippen molar-refractivity contribution in [2.24, 2.45) is 0 Å². The minimum Gasteiger partial charge on any atom is -2.00 e. The van der Waals surface area contributed by atoms with Crippen molar-refractivity contribution in [3.63, 3.8) is 0 Å². The minimum atomic E-state index is 0. The molecule has 0 saturated heterocycles. The summed E-state index contributed by atoms with van der Waals surface area (Å²) in [6, 6.07) is 0. The summed E-state index contributed by atoms with van der Waals surface area (Å²) in [6.45, 7) is 0. The summed E-state index contributed by atoms with van der Waals surface area (Å²) in [5.41, 5.74) is 0. The number of hydrogen-bond donors (Lipinski definition) is 0. The Labute approximate surface area is 197 Å². The summed E-state index contributed by atoms with van der Waals surface area (Å²) in [6.07, 6.45) is 0. The first-order valence-corrected chi connectivity index (χ1v) is 0. The van der Waals surface area contributed by atoms with E-state index in [2.05, 4.69) is 0 Å². The van der Waals surface area contributed by atoms with Gasteiger partial charge in [-0.2, -0.15) is 0 Å². The van der Waals surface area contributed by atoms with Gasteiger partial charge in [-0.05, 0) is 0 Å². The van der Waals surface area contributed by atoms with E-state index in [1.54, 1.807) is 0 Å². The first-order valence-electron chi connectivity index (χ1n) is 0. The van der Waals surface area contributed by atoms with Gasteiger partial charge in [-0.15, -0.1) is 0 Å². The molecule has 0 rings (SSSR count). The second kappa shape index (κ2) is 108. The molecular formula is H4Ca2Cr2O3Si2Sn2. The van der Waals surface area contributed by atoms with Gasteiger partial charge in [0, 0.05) is 69.7 Å². The van der Waals surface area contributed by atoms with E-state index in [-0.39, 0.29) is 202 Å².